The molecule has 1 saturated heterocycles. The van der Waals surface area contributed by atoms with Gasteiger partial charge in [-0.25, -0.2) is 4.79 Å². The van der Waals surface area contributed by atoms with Crippen molar-refractivity contribution in [2.24, 2.45) is 5.73 Å². The lowest BCUT2D eigenvalue weighted by Crippen LogP contribution is -2.71. The fourth-order valence-corrected chi connectivity index (χ4v) is 6.06. The molecule has 1 aromatic carbocycles. The largest absolute Gasteiger partial charge is 0.493 e. The average Bonchev–Trinajstić information content (AvgIpc) is 3.24. The van der Waals surface area contributed by atoms with Crippen molar-refractivity contribution in [3.05, 3.63) is 35.1 Å². The molecular weight excluding hydrogens is 496 g/mol. The molecule has 0 unspecified atom stereocenters. The van der Waals surface area contributed by atoms with Gasteiger partial charge in [0.2, 0.25) is 0 Å². The Morgan fingerprint density at radius 1 is 1.32 bits per heavy atom. The topological polar surface area (TPSA) is 158 Å². The molecule has 1 fully saturated rings. The van der Waals surface area contributed by atoms with Gasteiger partial charge in [-0.2, -0.15) is 0 Å². The van der Waals surface area contributed by atoms with Crippen molar-refractivity contribution in [3.8, 4) is 11.5 Å². The van der Waals surface area contributed by atoms with Crippen LogP contribution in [-0.2, 0) is 29.3 Å². The lowest BCUT2D eigenvalue weighted by Gasteiger charge is -2.58. The maximum absolute atomic E-state index is 13.0. The van der Waals surface area contributed by atoms with Gasteiger partial charge in [-0.15, -0.1) is 0 Å². The molecule has 2 aliphatic heterocycles. The highest BCUT2D eigenvalue weighted by molar-refractivity contribution is 5.80. The number of benzene rings is 1. The molecule has 0 saturated carbocycles. The van der Waals surface area contributed by atoms with Crippen LogP contribution in [-0.4, -0.2) is 83.6 Å². The number of carbonyl (C=O) groups is 3. The number of likely N-dealkylation sites (tertiary alicyclic amines) is 1. The number of aryl methyl sites for hydroxylation is 1. The number of esters is 2. The Kier molecular flexibility index (Phi) is 7.48. The fraction of sp³-hybridized carbons (Fsp3) is 0.593. The van der Waals surface area contributed by atoms with Gasteiger partial charge < -0.3 is 39.8 Å². The molecule has 0 bridgehead atoms. The Morgan fingerprint density at radius 2 is 2.03 bits per heavy atom. The van der Waals surface area contributed by atoms with E-state index < -0.39 is 47.2 Å². The first-order chi connectivity index (χ1) is 17.9. The van der Waals surface area contributed by atoms with E-state index in [0.717, 1.165) is 11.1 Å². The zero-order valence-electron chi connectivity index (χ0n) is 22.4. The average molecular weight is 533 g/mol. The Morgan fingerprint density at radius 3 is 2.68 bits per heavy atom. The maximum Gasteiger partial charge on any atom is 0.352 e. The van der Waals surface area contributed by atoms with E-state index >= 15 is 0 Å². The number of nitrogens with zero attached hydrogens (tertiary/aromatic N) is 1. The highest BCUT2D eigenvalue weighted by Crippen LogP contribution is 2.62. The van der Waals surface area contributed by atoms with Gasteiger partial charge in [0.05, 0.1) is 18.1 Å². The van der Waals surface area contributed by atoms with Crippen LogP contribution in [0.4, 0.5) is 0 Å². The van der Waals surface area contributed by atoms with Crippen molar-refractivity contribution in [1.82, 2.24) is 4.90 Å². The number of carbonyl (C=O) groups excluding carboxylic acids is 2. The molecule has 4 rings (SSSR count). The molecule has 11 nitrogen and oxygen atoms in total. The predicted octanol–water partition coefficient (Wildman–Crippen LogP) is 1.41. The second-order valence-electron chi connectivity index (χ2n) is 10.4. The van der Waals surface area contributed by atoms with E-state index in [1.165, 1.54) is 6.92 Å². The Labute approximate surface area is 221 Å². The summed E-state index contributed by atoms with van der Waals surface area (Å²) in [6.07, 6.45) is 0.0161. The summed E-state index contributed by atoms with van der Waals surface area (Å²) in [6.45, 7) is 6.01. The standard InChI is InChI=1S/C27H36N2O9/c1-14-6-8-18(35-5)22-21(14)26-12-13-29(4)16(3)27(26,34)11-10-19(23(26)38-22)37-25(33)15(2)36-20(30)9-7-17(28)24(31)32/h6,8,10,15-17,23,34H,7,9,11-13,28H2,1-5H3,(H,31,32)/t15-,16+,17-,23-,26-,27+/m0/s1. The van der Waals surface area contributed by atoms with Gasteiger partial charge in [-0.1, -0.05) is 6.07 Å². The zero-order chi connectivity index (χ0) is 28.0. The summed E-state index contributed by atoms with van der Waals surface area (Å²) < 4.78 is 23.0. The van der Waals surface area contributed by atoms with Gasteiger partial charge in [0.15, 0.2) is 23.7 Å². The van der Waals surface area contributed by atoms with Gasteiger partial charge in [0.1, 0.15) is 11.8 Å². The first kappa shape index (κ1) is 27.9. The van der Waals surface area contributed by atoms with E-state index in [-0.39, 0.29) is 31.1 Å². The molecule has 1 aliphatic carbocycles. The number of likely N-dealkylation sites (N-methyl/N-ethyl adjacent to an activating group) is 1. The van der Waals surface area contributed by atoms with E-state index in [9.17, 15) is 19.5 Å². The third-order valence-electron chi connectivity index (χ3n) is 8.37. The quantitative estimate of drug-likeness (QED) is 0.416. The van der Waals surface area contributed by atoms with Crippen LogP contribution in [0.5, 0.6) is 11.5 Å². The minimum Gasteiger partial charge on any atom is -0.493 e. The summed E-state index contributed by atoms with van der Waals surface area (Å²) in [4.78, 5) is 38.1. The molecule has 6 atom stereocenters. The van der Waals surface area contributed by atoms with E-state index in [1.54, 1.807) is 13.2 Å². The summed E-state index contributed by atoms with van der Waals surface area (Å²) in [5.74, 6) is -1.51. The fourth-order valence-electron chi connectivity index (χ4n) is 6.06. The van der Waals surface area contributed by atoms with Crippen LogP contribution < -0.4 is 15.2 Å². The van der Waals surface area contributed by atoms with Crippen LogP contribution in [0, 0.1) is 6.92 Å². The minimum absolute atomic E-state index is 0.121. The highest BCUT2D eigenvalue weighted by Gasteiger charge is 2.69. The smallest absolute Gasteiger partial charge is 0.352 e. The van der Waals surface area contributed by atoms with Crippen LogP contribution in [0.15, 0.2) is 24.0 Å². The third-order valence-corrected chi connectivity index (χ3v) is 8.37. The van der Waals surface area contributed by atoms with Gasteiger partial charge in [0.25, 0.3) is 0 Å². The van der Waals surface area contributed by atoms with Crippen molar-refractivity contribution in [2.75, 3.05) is 20.7 Å². The van der Waals surface area contributed by atoms with E-state index in [4.69, 9.17) is 29.8 Å². The summed E-state index contributed by atoms with van der Waals surface area (Å²) >= 11 is 0. The molecule has 1 aromatic rings. The summed E-state index contributed by atoms with van der Waals surface area (Å²) in [7, 11) is 3.52. The number of fused-ring (bicyclic) bond motifs is 1. The number of methoxy groups -OCH3 is 1. The number of aliphatic hydroxyl groups is 1. The normalized spacial score (nSPS) is 29.5. The number of carboxylic acid groups (broad SMARTS) is 1. The Bertz CT molecular complexity index is 1170. The molecule has 0 radical (unpaired) electrons. The van der Waals surface area contributed by atoms with Gasteiger partial charge >= 0.3 is 17.9 Å². The van der Waals surface area contributed by atoms with Crippen molar-refractivity contribution in [1.29, 1.82) is 0 Å². The molecule has 0 amide bonds. The van der Waals surface area contributed by atoms with Gasteiger partial charge in [0, 0.05) is 24.4 Å². The molecule has 0 aromatic heterocycles. The van der Waals surface area contributed by atoms with Crippen LogP contribution >= 0.6 is 0 Å². The highest BCUT2D eigenvalue weighted by atomic mass is 16.6. The second kappa shape index (κ2) is 10.2. The first-order valence-electron chi connectivity index (χ1n) is 12.7. The van der Waals surface area contributed by atoms with Gasteiger partial charge in [-0.3, -0.25) is 9.59 Å². The number of aliphatic carboxylic acids is 1. The number of piperidine rings is 1. The number of rotatable bonds is 8. The first-order valence-corrected chi connectivity index (χ1v) is 12.7. The molecule has 38 heavy (non-hydrogen) atoms. The summed E-state index contributed by atoms with van der Waals surface area (Å²) in [5.41, 5.74) is 5.09. The minimum atomic E-state index is -1.25. The monoisotopic (exact) mass is 532 g/mol. The third kappa shape index (κ3) is 4.32. The zero-order valence-corrected chi connectivity index (χ0v) is 22.4. The SMILES string of the molecule is COc1ccc(C)c2c1O[C@H]1C(OC(=O)[C@H](C)OC(=O)CC[C@H](N)C(=O)O)=CC[C@@]3(O)[C@@H](C)N(C)CC[C@]213. The number of carboxylic acids is 1. The Balaban J connectivity index is 1.61. The lowest BCUT2D eigenvalue weighted by molar-refractivity contribution is -0.172. The predicted molar refractivity (Wildman–Crippen MR) is 135 cm³/mol. The van der Waals surface area contributed by atoms with Crippen molar-refractivity contribution in [3.63, 3.8) is 0 Å². The molecule has 208 valence electrons. The molecule has 4 N–H and O–H groups in total. The molecule has 11 heteroatoms. The number of nitrogens with two attached hydrogens (primary N) is 1. The van der Waals surface area contributed by atoms with Crippen molar-refractivity contribution in [2.45, 2.75) is 81.8 Å². The summed E-state index contributed by atoms with van der Waals surface area (Å²) in [5, 5.41) is 21.2. The van der Waals surface area contributed by atoms with E-state index in [1.807, 2.05) is 33.0 Å². The van der Waals surface area contributed by atoms with Crippen LogP contribution in [0.25, 0.3) is 0 Å². The van der Waals surface area contributed by atoms with Crippen molar-refractivity contribution < 1.29 is 43.5 Å². The molecule has 2 heterocycles. The maximum atomic E-state index is 13.0. The van der Waals surface area contributed by atoms with Crippen molar-refractivity contribution >= 4 is 17.9 Å². The van der Waals surface area contributed by atoms with Crippen LogP contribution in [0.3, 0.4) is 0 Å². The number of hydrogen-bond acceptors (Lipinski definition) is 10. The second-order valence-corrected chi connectivity index (χ2v) is 10.4. The van der Waals surface area contributed by atoms with Gasteiger partial charge in [-0.05, 0) is 64.9 Å². The molecule has 1 spiro atoms. The molecular formula is C27H36N2O9. The van der Waals surface area contributed by atoms with Crippen LogP contribution in [0.1, 0.15) is 50.7 Å². The van der Waals surface area contributed by atoms with Crippen LogP contribution in [0.2, 0.25) is 0 Å². The molecule has 3 aliphatic rings. The summed E-state index contributed by atoms with van der Waals surface area (Å²) in [6, 6.07) is 2.32. The Hall–Kier alpha value is -3.15. The lowest BCUT2D eigenvalue weighted by atomic mass is 9.54. The van der Waals surface area contributed by atoms with E-state index in [2.05, 4.69) is 4.90 Å². The number of ether oxygens (including phenoxy) is 4. The van der Waals surface area contributed by atoms with E-state index in [0.29, 0.717) is 24.5 Å². The number of hydrogen-bond donors (Lipinski definition) is 3.